The number of aliphatic hydroxyl groups excluding tert-OH is 2. The van der Waals surface area contributed by atoms with Gasteiger partial charge in [0.15, 0.2) is 0 Å². The zero-order valence-corrected chi connectivity index (χ0v) is 55.8. The number of amides is 1. The van der Waals surface area contributed by atoms with Crippen molar-refractivity contribution in [3.63, 3.8) is 0 Å². The van der Waals surface area contributed by atoms with Gasteiger partial charge in [0.1, 0.15) is 0 Å². The first kappa shape index (κ1) is 80.3. The van der Waals surface area contributed by atoms with Crippen molar-refractivity contribution in [1.29, 1.82) is 0 Å². The molecule has 0 aromatic carbocycles. The summed E-state index contributed by atoms with van der Waals surface area (Å²) in [6, 6.07) is -0.538. The predicted octanol–water partition coefficient (Wildman–Crippen LogP) is 24.5. The smallest absolute Gasteiger partial charge is 0.305 e. The van der Waals surface area contributed by atoms with Gasteiger partial charge in [-0.05, 0) is 57.8 Å². The lowest BCUT2D eigenvalue weighted by atomic mass is 10.0. The van der Waals surface area contributed by atoms with Crippen molar-refractivity contribution < 1.29 is 24.5 Å². The van der Waals surface area contributed by atoms with Crippen LogP contribution in [0.3, 0.4) is 0 Å². The zero-order valence-electron chi connectivity index (χ0n) is 55.8. The van der Waals surface area contributed by atoms with E-state index in [0.717, 1.165) is 44.9 Å². The highest BCUT2D eigenvalue weighted by molar-refractivity contribution is 5.76. The molecule has 0 rings (SSSR count). The van der Waals surface area contributed by atoms with Crippen molar-refractivity contribution in [3.05, 3.63) is 24.3 Å². The molecule has 0 saturated carbocycles. The van der Waals surface area contributed by atoms with Crippen LogP contribution in [0.2, 0.25) is 0 Å². The van der Waals surface area contributed by atoms with Gasteiger partial charge in [0.25, 0.3) is 0 Å². The second kappa shape index (κ2) is 71.8. The average molecular weight is 1160 g/mol. The minimum absolute atomic E-state index is 0.0235. The van der Waals surface area contributed by atoms with E-state index in [1.54, 1.807) is 0 Å². The molecule has 0 heterocycles. The molecule has 0 saturated heterocycles. The topological polar surface area (TPSA) is 95.9 Å². The first-order valence-electron chi connectivity index (χ1n) is 37.6. The first-order valence-corrected chi connectivity index (χ1v) is 37.6. The van der Waals surface area contributed by atoms with Gasteiger partial charge in [-0.15, -0.1) is 0 Å². The van der Waals surface area contributed by atoms with Crippen molar-refractivity contribution in [3.8, 4) is 0 Å². The maximum absolute atomic E-state index is 12.5. The van der Waals surface area contributed by atoms with Crippen LogP contribution in [0.4, 0.5) is 0 Å². The Hall–Kier alpha value is -1.66. The van der Waals surface area contributed by atoms with Gasteiger partial charge in [0.2, 0.25) is 5.91 Å². The van der Waals surface area contributed by atoms with Crippen LogP contribution in [0, 0.1) is 0 Å². The van der Waals surface area contributed by atoms with E-state index in [9.17, 15) is 19.8 Å². The first-order chi connectivity index (χ1) is 40.5. The SMILES string of the molecule is CCCCCCCCCCCCCCCCCCCC(=O)OCCCCCCCCCCCCCCC/C=C\C/C=C\CCCCCCCCCCCCCCCCCCCC(=O)NC(CO)C(O)CCCCCCCCCCCCC. The number of allylic oxidation sites excluding steroid dienone is 4. The van der Waals surface area contributed by atoms with Gasteiger partial charge in [0.05, 0.1) is 25.4 Å². The molecule has 3 N–H and O–H groups in total. The Balaban J connectivity index is 3.32. The van der Waals surface area contributed by atoms with Crippen LogP contribution in [0.25, 0.3) is 0 Å². The Kier molecular flexibility index (Phi) is 70.4. The summed E-state index contributed by atoms with van der Waals surface area (Å²) in [5.41, 5.74) is 0. The second-order valence-electron chi connectivity index (χ2n) is 26.0. The van der Waals surface area contributed by atoms with Crippen LogP contribution in [0.15, 0.2) is 24.3 Å². The van der Waals surface area contributed by atoms with E-state index < -0.39 is 12.1 Å². The van der Waals surface area contributed by atoms with Gasteiger partial charge in [-0.1, -0.05) is 378 Å². The molecule has 2 atom stereocenters. The third-order valence-electron chi connectivity index (χ3n) is 17.8. The molecule has 0 fully saturated rings. The minimum Gasteiger partial charge on any atom is -0.466 e. The number of unbranched alkanes of at least 4 members (excludes halogenated alkanes) is 56. The summed E-state index contributed by atoms with van der Waals surface area (Å²) >= 11 is 0. The van der Waals surface area contributed by atoms with Gasteiger partial charge in [-0.25, -0.2) is 0 Å². The van der Waals surface area contributed by atoms with Crippen molar-refractivity contribution in [2.75, 3.05) is 13.2 Å². The van der Waals surface area contributed by atoms with Crippen LogP contribution >= 0.6 is 0 Å². The highest BCUT2D eigenvalue weighted by Gasteiger charge is 2.20. The molecule has 1 amide bonds. The molecule has 0 aliphatic carbocycles. The predicted molar refractivity (Wildman–Crippen MR) is 361 cm³/mol. The Morgan fingerprint density at radius 3 is 0.927 bits per heavy atom. The number of carbonyl (C=O) groups is 2. The lowest BCUT2D eigenvalue weighted by Crippen LogP contribution is -2.45. The Morgan fingerprint density at radius 1 is 0.341 bits per heavy atom. The number of aliphatic hydroxyl groups is 2. The van der Waals surface area contributed by atoms with Crippen LogP contribution in [0.1, 0.15) is 425 Å². The van der Waals surface area contributed by atoms with Crippen LogP contribution in [-0.4, -0.2) is 47.4 Å². The van der Waals surface area contributed by atoms with E-state index >= 15 is 0 Å². The summed E-state index contributed by atoms with van der Waals surface area (Å²) in [7, 11) is 0. The molecule has 6 heteroatoms. The minimum atomic E-state index is -0.660. The summed E-state index contributed by atoms with van der Waals surface area (Å²) in [5.74, 6) is -0.00763. The molecule has 0 aromatic rings. The number of nitrogens with one attached hydrogen (secondary N) is 1. The number of hydrogen-bond acceptors (Lipinski definition) is 5. The monoisotopic (exact) mass is 1150 g/mol. The average Bonchev–Trinajstić information content (AvgIpc) is 3.48. The summed E-state index contributed by atoms with van der Waals surface area (Å²) < 4.78 is 5.51. The summed E-state index contributed by atoms with van der Waals surface area (Å²) in [6.07, 6.45) is 91.2. The maximum Gasteiger partial charge on any atom is 0.305 e. The van der Waals surface area contributed by atoms with Crippen molar-refractivity contribution in [2.45, 2.75) is 437 Å². The van der Waals surface area contributed by atoms with Crippen LogP contribution in [0.5, 0.6) is 0 Å². The third kappa shape index (κ3) is 67.5. The van der Waals surface area contributed by atoms with Gasteiger partial charge < -0.3 is 20.3 Å². The fourth-order valence-electron chi connectivity index (χ4n) is 12.0. The van der Waals surface area contributed by atoms with E-state index in [2.05, 4.69) is 43.5 Å². The van der Waals surface area contributed by atoms with Gasteiger partial charge in [-0.3, -0.25) is 9.59 Å². The van der Waals surface area contributed by atoms with Gasteiger partial charge in [-0.2, -0.15) is 0 Å². The molecule has 82 heavy (non-hydrogen) atoms. The molecule has 6 nitrogen and oxygen atoms in total. The summed E-state index contributed by atoms with van der Waals surface area (Å²) in [6.45, 7) is 4.98. The van der Waals surface area contributed by atoms with E-state index in [4.69, 9.17) is 4.74 Å². The summed E-state index contributed by atoms with van der Waals surface area (Å²) in [4.78, 5) is 24.6. The molecule has 0 bridgehead atoms. The largest absolute Gasteiger partial charge is 0.466 e. The number of hydrogen-bond donors (Lipinski definition) is 3. The highest BCUT2D eigenvalue weighted by atomic mass is 16.5. The molecule has 0 spiro atoms. The van der Waals surface area contributed by atoms with E-state index in [1.807, 2.05) is 0 Å². The highest BCUT2D eigenvalue weighted by Crippen LogP contribution is 2.19. The number of esters is 1. The molecule has 0 radical (unpaired) electrons. The van der Waals surface area contributed by atoms with Crippen LogP contribution in [-0.2, 0) is 14.3 Å². The summed E-state index contributed by atoms with van der Waals surface area (Å²) in [5, 5.41) is 23.2. The fourth-order valence-corrected chi connectivity index (χ4v) is 12.0. The number of ether oxygens (including phenoxy) is 1. The lowest BCUT2D eigenvalue weighted by molar-refractivity contribution is -0.143. The molecule has 2 unspecified atom stereocenters. The second-order valence-corrected chi connectivity index (χ2v) is 26.0. The van der Waals surface area contributed by atoms with Crippen molar-refractivity contribution in [2.24, 2.45) is 0 Å². The van der Waals surface area contributed by atoms with Crippen molar-refractivity contribution >= 4 is 11.9 Å². The zero-order chi connectivity index (χ0) is 59.2. The molecular formula is C76H147NO5. The molecule has 0 aliphatic heterocycles. The molecule has 0 aliphatic rings. The van der Waals surface area contributed by atoms with Crippen LogP contribution < -0.4 is 5.32 Å². The Labute approximate surface area is 513 Å². The molecule has 486 valence electrons. The van der Waals surface area contributed by atoms with E-state index in [1.165, 1.54) is 347 Å². The normalized spacial score (nSPS) is 12.6. The lowest BCUT2D eigenvalue weighted by Gasteiger charge is -2.22. The molecule has 0 aromatic heterocycles. The number of rotatable bonds is 71. The van der Waals surface area contributed by atoms with Gasteiger partial charge in [0, 0.05) is 12.8 Å². The van der Waals surface area contributed by atoms with E-state index in [-0.39, 0.29) is 18.5 Å². The quantitative estimate of drug-likeness (QED) is 0.0320. The Bertz CT molecular complexity index is 1280. The fraction of sp³-hybridized carbons (Fsp3) is 0.921. The van der Waals surface area contributed by atoms with Gasteiger partial charge >= 0.3 is 5.97 Å². The standard InChI is InChI=1S/C76H147NO5/c1-3-5-7-9-11-13-15-16-17-39-43-46-50-54-58-62-66-70-76(81)82-71-67-63-59-55-51-47-44-41-38-36-34-32-30-28-26-24-22-20-18-19-21-23-25-27-29-31-33-35-37-40-42-45-49-53-57-61-65-69-75(80)77-73(72-78)74(79)68-64-60-56-52-48-14-12-10-8-6-4-2/h18,20,24,26,73-74,78-79H,3-17,19,21-23,25,27-72H2,1-2H3,(H,77,80)/b20-18-,26-24-. The Morgan fingerprint density at radius 2 is 0.610 bits per heavy atom. The maximum atomic E-state index is 12.5. The molecular weight excluding hydrogens is 1010 g/mol. The third-order valence-corrected chi connectivity index (χ3v) is 17.8. The number of carbonyl (C=O) groups excluding carboxylic acids is 2. The van der Waals surface area contributed by atoms with E-state index in [0.29, 0.717) is 25.9 Å². The van der Waals surface area contributed by atoms with Crippen molar-refractivity contribution in [1.82, 2.24) is 5.32 Å².